The normalized spacial score (nSPS) is 10.7. The van der Waals surface area contributed by atoms with Crippen LogP contribution in [0.2, 0.25) is 0 Å². The SMILES string of the molecule is COc1c(C)cnc(Cn2ncnc2CN)c1C. The van der Waals surface area contributed by atoms with E-state index in [2.05, 4.69) is 15.1 Å². The van der Waals surface area contributed by atoms with Gasteiger partial charge in [0, 0.05) is 17.3 Å². The molecule has 0 aliphatic carbocycles. The monoisotopic (exact) mass is 247 g/mol. The van der Waals surface area contributed by atoms with Gasteiger partial charge in [-0.1, -0.05) is 0 Å². The van der Waals surface area contributed by atoms with Gasteiger partial charge in [-0.15, -0.1) is 0 Å². The molecule has 0 amide bonds. The van der Waals surface area contributed by atoms with Crippen LogP contribution in [0.4, 0.5) is 0 Å². The van der Waals surface area contributed by atoms with Crippen LogP contribution in [0, 0.1) is 13.8 Å². The maximum Gasteiger partial charge on any atom is 0.141 e. The highest BCUT2D eigenvalue weighted by molar-refractivity contribution is 5.41. The third-order valence-corrected chi connectivity index (χ3v) is 2.93. The van der Waals surface area contributed by atoms with Gasteiger partial charge >= 0.3 is 0 Å². The molecule has 0 saturated carbocycles. The molecule has 0 aliphatic rings. The first-order valence-electron chi connectivity index (χ1n) is 5.73. The van der Waals surface area contributed by atoms with E-state index in [9.17, 15) is 0 Å². The molecule has 0 radical (unpaired) electrons. The molecule has 96 valence electrons. The Morgan fingerprint density at radius 2 is 2.11 bits per heavy atom. The molecule has 0 atom stereocenters. The first-order valence-corrected chi connectivity index (χ1v) is 5.73. The smallest absolute Gasteiger partial charge is 0.141 e. The van der Waals surface area contributed by atoms with Gasteiger partial charge in [0.15, 0.2) is 0 Å². The van der Waals surface area contributed by atoms with E-state index < -0.39 is 0 Å². The van der Waals surface area contributed by atoms with Gasteiger partial charge in [0.1, 0.15) is 17.9 Å². The highest BCUT2D eigenvalue weighted by Gasteiger charge is 2.11. The summed E-state index contributed by atoms with van der Waals surface area (Å²) < 4.78 is 7.14. The summed E-state index contributed by atoms with van der Waals surface area (Å²) in [5, 5.41) is 4.15. The molecule has 6 heteroatoms. The molecule has 0 saturated heterocycles. The summed E-state index contributed by atoms with van der Waals surface area (Å²) in [6.07, 6.45) is 3.31. The Morgan fingerprint density at radius 1 is 1.33 bits per heavy atom. The van der Waals surface area contributed by atoms with E-state index in [1.807, 2.05) is 13.8 Å². The average molecular weight is 247 g/mol. The topological polar surface area (TPSA) is 78.8 Å². The quantitative estimate of drug-likeness (QED) is 0.864. The van der Waals surface area contributed by atoms with Crippen molar-refractivity contribution in [2.75, 3.05) is 7.11 Å². The second-order valence-electron chi connectivity index (χ2n) is 4.08. The van der Waals surface area contributed by atoms with Crippen LogP contribution >= 0.6 is 0 Å². The van der Waals surface area contributed by atoms with Crippen molar-refractivity contribution in [1.82, 2.24) is 19.7 Å². The van der Waals surface area contributed by atoms with E-state index in [1.54, 1.807) is 18.0 Å². The summed E-state index contributed by atoms with van der Waals surface area (Å²) >= 11 is 0. The lowest BCUT2D eigenvalue weighted by Crippen LogP contribution is -2.13. The number of nitrogens with zero attached hydrogens (tertiary/aromatic N) is 4. The van der Waals surface area contributed by atoms with Crippen molar-refractivity contribution in [3.05, 3.63) is 35.2 Å². The van der Waals surface area contributed by atoms with Gasteiger partial charge in [-0.2, -0.15) is 5.10 Å². The standard InChI is InChI=1S/C12H17N5O/c1-8-5-14-10(9(2)12(8)18-3)6-17-11(4-13)15-7-16-17/h5,7H,4,6,13H2,1-3H3. The average Bonchev–Trinajstić information content (AvgIpc) is 2.81. The minimum absolute atomic E-state index is 0.363. The second-order valence-corrected chi connectivity index (χ2v) is 4.08. The molecule has 0 bridgehead atoms. The number of nitrogens with two attached hydrogens (primary N) is 1. The van der Waals surface area contributed by atoms with Crippen molar-refractivity contribution in [3.8, 4) is 5.75 Å². The largest absolute Gasteiger partial charge is 0.496 e. The van der Waals surface area contributed by atoms with Crippen molar-refractivity contribution in [1.29, 1.82) is 0 Å². The lowest BCUT2D eigenvalue weighted by atomic mass is 10.1. The van der Waals surface area contributed by atoms with E-state index in [0.717, 1.165) is 28.4 Å². The van der Waals surface area contributed by atoms with Crippen molar-refractivity contribution in [2.24, 2.45) is 5.73 Å². The van der Waals surface area contributed by atoms with Gasteiger partial charge < -0.3 is 10.5 Å². The van der Waals surface area contributed by atoms with Gasteiger partial charge in [0.2, 0.25) is 0 Å². The molecule has 0 fully saturated rings. The highest BCUT2D eigenvalue weighted by atomic mass is 16.5. The number of rotatable bonds is 4. The molecule has 0 spiro atoms. The van der Waals surface area contributed by atoms with Crippen LogP contribution in [0.3, 0.4) is 0 Å². The van der Waals surface area contributed by atoms with Crippen LogP contribution in [0.5, 0.6) is 5.75 Å². The van der Waals surface area contributed by atoms with Crippen LogP contribution in [-0.2, 0) is 13.1 Å². The minimum Gasteiger partial charge on any atom is -0.496 e. The van der Waals surface area contributed by atoms with Crippen molar-refractivity contribution >= 4 is 0 Å². The maximum atomic E-state index is 5.60. The van der Waals surface area contributed by atoms with Crippen molar-refractivity contribution in [2.45, 2.75) is 26.9 Å². The molecule has 0 aliphatic heterocycles. The summed E-state index contributed by atoms with van der Waals surface area (Å²) in [7, 11) is 1.67. The van der Waals surface area contributed by atoms with Crippen molar-refractivity contribution in [3.63, 3.8) is 0 Å². The molecule has 6 nitrogen and oxygen atoms in total. The molecular weight excluding hydrogens is 230 g/mol. The molecule has 18 heavy (non-hydrogen) atoms. The molecule has 2 rings (SSSR count). The lowest BCUT2D eigenvalue weighted by Gasteiger charge is -2.12. The Balaban J connectivity index is 2.35. The summed E-state index contributed by atoms with van der Waals surface area (Å²) in [5.74, 6) is 1.62. The van der Waals surface area contributed by atoms with Gasteiger partial charge in [-0.3, -0.25) is 4.98 Å². The summed E-state index contributed by atoms with van der Waals surface area (Å²) in [6, 6.07) is 0. The number of pyridine rings is 1. The van der Waals surface area contributed by atoms with E-state index in [-0.39, 0.29) is 0 Å². The van der Waals surface area contributed by atoms with Gasteiger partial charge in [-0.25, -0.2) is 9.67 Å². The molecule has 2 aromatic rings. The molecule has 0 aromatic carbocycles. The van der Waals surface area contributed by atoms with E-state index in [0.29, 0.717) is 13.1 Å². The first kappa shape index (κ1) is 12.5. The minimum atomic E-state index is 0.363. The predicted octanol–water partition coefficient (Wildman–Crippen LogP) is 0.806. The first-order chi connectivity index (χ1) is 8.67. The fourth-order valence-electron chi connectivity index (χ4n) is 1.95. The number of methoxy groups -OCH3 is 1. The van der Waals surface area contributed by atoms with Crippen LogP contribution in [-0.4, -0.2) is 26.9 Å². The summed E-state index contributed by atoms with van der Waals surface area (Å²) in [6.45, 7) is 4.88. The highest BCUT2D eigenvalue weighted by Crippen LogP contribution is 2.24. The van der Waals surface area contributed by atoms with Crippen LogP contribution < -0.4 is 10.5 Å². The predicted molar refractivity (Wildman–Crippen MR) is 67.3 cm³/mol. The number of aromatic nitrogens is 4. The maximum absolute atomic E-state index is 5.60. The number of hydrogen-bond donors (Lipinski definition) is 1. The summed E-state index contributed by atoms with van der Waals surface area (Å²) in [5.41, 5.74) is 8.56. The Morgan fingerprint density at radius 3 is 2.78 bits per heavy atom. The Bertz CT molecular complexity index is 549. The fourth-order valence-corrected chi connectivity index (χ4v) is 1.95. The number of ether oxygens (including phenoxy) is 1. The Labute approximate surface area is 106 Å². The second kappa shape index (κ2) is 5.14. The van der Waals surface area contributed by atoms with Crippen LogP contribution in [0.25, 0.3) is 0 Å². The van der Waals surface area contributed by atoms with E-state index in [4.69, 9.17) is 10.5 Å². The fraction of sp³-hybridized carbons (Fsp3) is 0.417. The molecule has 2 N–H and O–H groups in total. The zero-order chi connectivity index (χ0) is 13.1. The summed E-state index contributed by atoms with van der Waals surface area (Å²) in [4.78, 5) is 8.52. The third kappa shape index (κ3) is 2.19. The molecule has 0 unspecified atom stereocenters. The lowest BCUT2D eigenvalue weighted by molar-refractivity contribution is 0.406. The molecular formula is C12H17N5O. The van der Waals surface area contributed by atoms with E-state index in [1.165, 1.54) is 6.33 Å². The third-order valence-electron chi connectivity index (χ3n) is 2.93. The number of hydrogen-bond acceptors (Lipinski definition) is 5. The van der Waals surface area contributed by atoms with Crippen LogP contribution in [0.15, 0.2) is 12.5 Å². The zero-order valence-electron chi connectivity index (χ0n) is 10.8. The zero-order valence-corrected chi connectivity index (χ0v) is 10.8. The molecule has 2 heterocycles. The molecule has 2 aromatic heterocycles. The van der Waals surface area contributed by atoms with Crippen LogP contribution in [0.1, 0.15) is 22.6 Å². The Hall–Kier alpha value is -1.95. The van der Waals surface area contributed by atoms with Gasteiger partial charge in [0.25, 0.3) is 0 Å². The van der Waals surface area contributed by atoms with E-state index >= 15 is 0 Å². The van der Waals surface area contributed by atoms with Crippen molar-refractivity contribution < 1.29 is 4.74 Å². The van der Waals surface area contributed by atoms with Gasteiger partial charge in [0.05, 0.1) is 25.9 Å². The van der Waals surface area contributed by atoms with Gasteiger partial charge in [-0.05, 0) is 13.8 Å². The number of aryl methyl sites for hydroxylation is 1. The Kier molecular flexibility index (Phi) is 3.57.